The van der Waals surface area contributed by atoms with Crippen molar-refractivity contribution in [1.29, 1.82) is 0 Å². The van der Waals surface area contributed by atoms with Crippen molar-refractivity contribution in [3.63, 3.8) is 0 Å². The molecule has 0 unspecified atom stereocenters. The van der Waals surface area contributed by atoms with Gasteiger partial charge in [0.15, 0.2) is 0 Å². The van der Waals surface area contributed by atoms with Crippen LogP contribution in [0.5, 0.6) is 5.88 Å². The van der Waals surface area contributed by atoms with Gasteiger partial charge in [-0.1, -0.05) is 6.92 Å². The molecule has 0 aliphatic heterocycles. The molecule has 0 amide bonds. The Kier molecular flexibility index (Phi) is 5.57. The Hall–Kier alpha value is -0.680. The van der Waals surface area contributed by atoms with Gasteiger partial charge >= 0.3 is 0 Å². The van der Waals surface area contributed by atoms with Crippen molar-refractivity contribution in [3.8, 4) is 5.88 Å². The van der Waals surface area contributed by atoms with E-state index < -0.39 is 0 Å². The molecule has 1 aromatic heterocycles. The predicted molar refractivity (Wildman–Crippen MR) is 61.1 cm³/mol. The lowest BCUT2D eigenvalue weighted by Gasteiger charge is -2.06. The van der Waals surface area contributed by atoms with Crippen molar-refractivity contribution in [1.82, 2.24) is 9.97 Å². The molecule has 5 heteroatoms. The first-order chi connectivity index (χ1) is 7.26. The van der Waals surface area contributed by atoms with Gasteiger partial charge in [-0.3, -0.25) is 0 Å². The van der Waals surface area contributed by atoms with Gasteiger partial charge in [0.1, 0.15) is 17.0 Å². The zero-order valence-corrected chi connectivity index (χ0v) is 10.6. The molecule has 1 rings (SSSR count). The molecular formula is C10H15BrN2O2. The lowest BCUT2D eigenvalue weighted by atomic mass is 10.3. The molecule has 0 aliphatic rings. The van der Waals surface area contributed by atoms with E-state index >= 15 is 0 Å². The van der Waals surface area contributed by atoms with Crippen molar-refractivity contribution in [2.24, 2.45) is 0 Å². The van der Waals surface area contributed by atoms with Crippen LogP contribution in [0.4, 0.5) is 0 Å². The molecule has 0 N–H and O–H groups in total. The molecule has 0 radical (unpaired) electrons. The Morgan fingerprint density at radius 3 is 2.80 bits per heavy atom. The Bertz CT molecular complexity index is 307. The highest BCUT2D eigenvalue weighted by Crippen LogP contribution is 2.15. The first kappa shape index (κ1) is 12.4. The number of nitrogens with zero attached hydrogens (tertiary/aromatic N) is 2. The maximum atomic E-state index is 5.41. The van der Waals surface area contributed by atoms with E-state index in [4.69, 9.17) is 9.47 Å². The molecule has 0 saturated heterocycles. The van der Waals surface area contributed by atoms with Crippen LogP contribution in [-0.2, 0) is 11.2 Å². The number of aromatic nitrogens is 2. The van der Waals surface area contributed by atoms with Crippen LogP contribution in [0, 0.1) is 0 Å². The highest BCUT2D eigenvalue weighted by atomic mass is 79.9. The minimum atomic E-state index is 0.505. The normalized spacial score (nSPS) is 10.3. The molecule has 0 aromatic carbocycles. The van der Waals surface area contributed by atoms with E-state index in [2.05, 4.69) is 32.8 Å². The van der Waals surface area contributed by atoms with Crippen LogP contribution in [0.15, 0.2) is 10.7 Å². The number of ether oxygens (including phenoxy) is 2. The molecule has 15 heavy (non-hydrogen) atoms. The SMILES string of the molecule is CCCc1nc(Br)cc(OCCOC)n1. The van der Waals surface area contributed by atoms with Gasteiger partial charge in [0.25, 0.3) is 0 Å². The number of hydrogen-bond acceptors (Lipinski definition) is 4. The summed E-state index contributed by atoms with van der Waals surface area (Å²) in [7, 11) is 1.64. The number of hydrogen-bond donors (Lipinski definition) is 0. The van der Waals surface area contributed by atoms with Crippen LogP contribution in [0.3, 0.4) is 0 Å². The Morgan fingerprint density at radius 2 is 2.13 bits per heavy atom. The standard InChI is InChI=1S/C10H15BrN2O2/c1-3-4-9-12-8(11)7-10(13-9)15-6-5-14-2/h7H,3-6H2,1-2H3. The van der Waals surface area contributed by atoms with Crippen molar-refractivity contribution >= 4 is 15.9 Å². The zero-order valence-electron chi connectivity index (χ0n) is 8.99. The third-order valence-corrected chi connectivity index (χ3v) is 2.13. The monoisotopic (exact) mass is 274 g/mol. The fraction of sp³-hybridized carbons (Fsp3) is 0.600. The molecule has 4 nitrogen and oxygen atoms in total. The topological polar surface area (TPSA) is 44.2 Å². The summed E-state index contributed by atoms with van der Waals surface area (Å²) in [5, 5.41) is 0. The third kappa shape index (κ3) is 4.57. The maximum Gasteiger partial charge on any atom is 0.217 e. The predicted octanol–water partition coefficient (Wildman–Crippen LogP) is 2.22. The van der Waals surface area contributed by atoms with E-state index in [0.717, 1.165) is 23.3 Å². The fourth-order valence-corrected chi connectivity index (χ4v) is 1.48. The molecule has 1 heterocycles. The van der Waals surface area contributed by atoms with Gasteiger partial charge in [0.05, 0.1) is 6.61 Å². The third-order valence-electron chi connectivity index (χ3n) is 1.73. The lowest BCUT2D eigenvalue weighted by Crippen LogP contribution is -2.07. The van der Waals surface area contributed by atoms with Gasteiger partial charge in [-0.05, 0) is 22.4 Å². The molecular weight excluding hydrogens is 260 g/mol. The van der Waals surface area contributed by atoms with Crippen LogP contribution in [0.25, 0.3) is 0 Å². The van der Waals surface area contributed by atoms with Gasteiger partial charge < -0.3 is 9.47 Å². The molecule has 0 spiro atoms. The smallest absolute Gasteiger partial charge is 0.217 e. The summed E-state index contributed by atoms with van der Waals surface area (Å²) in [5.41, 5.74) is 0. The first-order valence-electron chi connectivity index (χ1n) is 4.91. The van der Waals surface area contributed by atoms with E-state index in [9.17, 15) is 0 Å². The minimum Gasteiger partial charge on any atom is -0.475 e. The fourth-order valence-electron chi connectivity index (χ4n) is 1.08. The highest BCUT2D eigenvalue weighted by molar-refractivity contribution is 9.10. The van der Waals surface area contributed by atoms with Crippen LogP contribution in [0.1, 0.15) is 19.2 Å². The van der Waals surface area contributed by atoms with Crippen LogP contribution >= 0.6 is 15.9 Å². The van der Waals surface area contributed by atoms with E-state index in [1.165, 1.54) is 0 Å². The van der Waals surface area contributed by atoms with Crippen molar-refractivity contribution in [3.05, 3.63) is 16.5 Å². The van der Waals surface area contributed by atoms with Gasteiger partial charge in [-0.25, -0.2) is 4.98 Å². The number of methoxy groups -OCH3 is 1. The van der Waals surface area contributed by atoms with E-state index in [-0.39, 0.29) is 0 Å². The molecule has 0 aliphatic carbocycles. The largest absolute Gasteiger partial charge is 0.475 e. The summed E-state index contributed by atoms with van der Waals surface area (Å²) in [6, 6.07) is 1.76. The summed E-state index contributed by atoms with van der Waals surface area (Å²) in [6.07, 6.45) is 1.88. The van der Waals surface area contributed by atoms with E-state index in [1.807, 2.05) is 0 Å². The average Bonchev–Trinajstić information content (AvgIpc) is 2.18. The molecule has 1 aromatic rings. The highest BCUT2D eigenvalue weighted by Gasteiger charge is 2.03. The number of aryl methyl sites for hydroxylation is 1. The van der Waals surface area contributed by atoms with E-state index in [1.54, 1.807) is 13.2 Å². The molecule has 0 fully saturated rings. The Morgan fingerprint density at radius 1 is 1.33 bits per heavy atom. The van der Waals surface area contributed by atoms with Gasteiger partial charge in [-0.15, -0.1) is 0 Å². The van der Waals surface area contributed by atoms with Crippen molar-refractivity contribution in [2.75, 3.05) is 20.3 Å². The zero-order chi connectivity index (χ0) is 11.1. The maximum absolute atomic E-state index is 5.41. The molecule has 0 bridgehead atoms. The summed E-state index contributed by atoms with van der Waals surface area (Å²) < 4.78 is 11.1. The summed E-state index contributed by atoms with van der Waals surface area (Å²) >= 11 is 3.33. The summed E-state index contributed by atoms with van der Waals surface area (Å²) in [6.45, 7) is 3.16. The molecule has 0 saturated carbocycles. The van der Waals surface area contributed by atoms with Gasteiger partial charge in [0.2, 0.25) is 5.88 Å². The minimum absolute atomic E-state index is 0.505. The number of halogens is 1. The van der Waals surface area contributed by atoms with Crippen molar-refractivity contribution in [2.45, 2.75) is 19.8 Å². The quantitative estimate of drug-likeness (QED) is 0.590. The average molecular weight is 275 g/mol. The van der Waals surface area contributed by atoms with Crippen LogP contribution in [-0.4, -0.2) is 30.3 Å². The molecule has 0 atom stereocenters. The second-order valence-electron chi connectivity index (χ2n) is 3.04. The van der Waals surface area contributed by atoms with Crippen molar-refractivity contribution < 1.29 is 9.47 Å². The van der Waals surface area contributed by atoms with Crippen LogP contribution in [0.2, 0.25) is 0 Å². The second kappa shape index (κ2) is 6.74. The number of rotatable bonds is 6. The lowest BCUT2D eigenvalue weighted by molar-refractivity contribution is 0.143. The van der Waals surface area contributed by atoms with Gasteiger partial charge in [0, 0.05) is 19.6 Å². The Balaban J connectivity index is 2.62. The summed E-state index contributed by atoms with van der Waals surface area (Å²) in [5.74, 6) is 1.40. The van der Waals surface area contributed by atoms with E-state index in [0.29, 0.717) is 19.1 Å². The summed E-state index contributed by atoms with van der Waals surface area (Å²) in [4.78, 5) is 8.52. The second-order valence-corrected chi connectivity index (χ2v) is 3.85. The van der Waals surface area contributed by atoms with Crippen LogP contribution < -0.4 is 4.74 Å². The van der Waals surface area contributed by atoms with Gasteiger partial charge in [-0.2, -0.15) is 4.98 Å². The first-order valence-corrected chi connectivity index (χ1v) is 5.70. The Labute approximate surface area is 98.2 Å². The molecule has 84 valence electrons.